The lowest BCUT2D eigenvalue weighted by Crippen LogP contribution is -2.26. The molecular formula is C12H17NO. The van der Waals surface area contributed by atoms with Crippen LogP contribution in [0.5, 0.6) is 5.75 Å². The molecule has 0 bridgehead atoms. The summed E-state index contributed by atoms with van der Waals surface area (Å²) in [5, 5.41) is 9.72. The Labute approximate surface area is 84.7 Å². The highest BCUT2D eigenvalue weighted by Crippen LogP contribution is 2.41. The van der Waals surface area contributed by atoms with Gasteiger partial charge in [0.25, 0.3) is 0 Å². The maximum Gasteiger partial charge on any atom is 0.119 e. The van der Waals surface area contributed by atoms with E-state index in [0.29, 0.717) is 24.1 Å². The minimum atomic E-state index is 0.352. The van der Waals surface area contributed by atoms with Crippen molar-refractivity contribution in [2.75, 3.05) is 6.54 Å². The molecule has 1 atom stereocenters. The van der Waals surface area contributed by atoms with Gasteiger partial charge >= 0.3 is 0 Å². The highest BCUT2D eigenvalue weighted by molar-refractivity contribution is 5.35. The fraction of sp³-hybridized carbons (Fsp3) is 0.500. The topological polar surface area (TPSA) is 46.2 Å². The Morgan fingerprint density at radius 3 is 2.57 bits per heavy atom. The number of hydrogen-bond donors (Lipinski definition) is 2. The maximum absolute atomic E-state index is 9.72. The van der Waals surface area contributed by atoms with E-state index in [-0.39, 0.29) is 0 Å². The van der Waals surface area contributed by atoms with Crippen molar-refractivity contribution in [1.82, 2.24) is 0 Å². The van der Waals surface area contributed by atoms with Gasteiger partial charge in [-0.2, -0.15) is 0 Å². The number of phenolic OH excluding ortho intramolecular Hbond substituents is 1. The van der Waals surface area contributed by atoms with Crippen LogP contribution in [0.3, 0.4) is 0 Å². The van der Waals surface area contributed by atoms with Crippen LogP contribution in [0.15, 0.2) is 24.3 Å². The first kappa shape index (κ1) is 9.53. The van der Waals surface area contributed by atoms with Crippen LogP contribution in [0.25, 0.3) is 0 Å². The van der Waals surface area contributed by atoms with Crippen molar-refractivity contribution in [3.8, 4) is 5.75 Å². The molecule has 1 aliphatic carbocycles. The van der Waals surface area contributed by atoms with Crippen LogP contribution in [0, 0.1) is 5.92 Å². The number of nitrogens with two attached hydrogens (primary N) is 1. The van der Waals surface area contributed by atoms with E-state index in [9.17, 15) is 5.11 Å². The Hall–Kier alpha value is -1.02. The van der Waals surface area contributed by atoms with Crippen LogP contribution in [-0.2, 0) is 0 Å². The smallest absolute Gasteiger partial charge is 0.119 e. The Morgan fingerprint density at radius 1 is 1.36 bits per heavy atom. The number of aromatic hydroxyl groups is 1. The van der Waals surface area contributed by atoms with Crippen LogP contribution in [-0.4, -0.2) is 11.7 Å². The van der Waals surface area contributed by atoms with Crippen molar-refractivity contribution < 1.29 is 5.11 Å². The largest absolute Gasteiger partial charge is 0.508 e. The third-order valence-corrected chi connectivity index (χ3v) is 3.31. The SMILES string of the molecule is NCC(c1ccccc1O)C1CCC1. The molecule has 0 aliphatic heterocycles. The van der Waals surface area contributed by atoms with Crippen molar-refractivity contribution >= 4 is 0 Å². The zero-order valence-electron chi connectivity index (χ0n) is 8.32. The van der Waals surface area contributed by atoms with Crippen molar-refractivity contribution in [2.45, 2.75) is 25.2 Å². The predicted octanol–water partition coefficient (Wildman–Crippen LogP) is 2.23. The second-order valence-electron chi connectivity index (χ2n) is 4.09. The van der Waals surface area contributed by atoms with E-state index in [4.69, 9.17) is 5.73 Å². The Bertz CT molecular complexity index is 307. The van der Waals surface area contributed by atoms with Crippen molar-refractivity contribution in [3.63, 3.8) is 0 Å². The minimum Gasteiger partial charge on any atom is -0.508 e. The van der Waals surface area contributed by atoms with E-state index in [1.807, 2.05) is 18.2 Å². The standard InChI is InChI=1S/C12H17NO/c13-8-11(9-4-3-5-9)10-6-1-2-7-12(10)14/h1-2,6-7,9,11,14H,3-5,8,13H2. The van der Waals surface area contributed by atoms with E-state index in [2.05, 4.69) is 0 Å². The van der Waals surface area contributed by atoms with Crippen LogP contribution in [0.2, 0.25) is 0 Å². The molecule has 76 valence electrons. The van der Waals surface area contributed by atoms with Gasteiger partial charge in [-0.3, -0.25) is 0 Å². The summed E-state index contributed by atoms with van der Waals surface area (Å²) in [4.78, 5) is 0. The summed E-state index contributed by atoms with van der Waals surface area (Å²) in [7, 11) is 0. The van der Waals surface area contributed by atoms with E-state index >= 15 is 0 Å². The molecule has 0 spiro atoms. The average Bonchev–Trinajstić information content (AvgIpc) is 2.12. The Kier molecular flexibility index (Phi) is 2.73. The van der Waals surface area contributed by atoms with E-state index in [0.717, 1.165) is 5.56 Å². The first-order chi connectivity index (χ1) is 6.83. The van der Waals surface area contributed by atoms with E-state index < -0.39 is 0 Å². The first-order valence-electron chi connectivity index (χ1n) is 5.31. The number of hydrogen-bond acceptors (Lipinski definition) is 2. The molecule has 1 aliphatic rings. The molecule has 0 amide bonds. The average molecular weight is 191 g/mol. The summed E-state index contributed by atoms with van der Waals surface area (Å²) in [5.41, 5.74) is 6.80. The van der Waals surface area contributed by atoms with Crippen molar-refractivity contribution in [3.05, 3.63) is 29.8 Å². The normalized spacial score (nSPS) is 18.9. The highest BCUT2D eigenvalue weighted by Gasteiger charge is 2.28. The minimum absolute atomic E-state index is 0.352. The second kappa shape index (κ2) is 4.01. The zero-order valence-corrected chi connectivity index (χ0v) is 8.32. The zero-order chi connectivity index (χ0) is 9.97. The number of benzene rings is 1. The highest BCUT2D eigenvalue weighted by atomic mass is 16.3. The fourth-order valence-corrected chi connectivity index (χ4v) is 2.22. The molecule has 1 fully saturated rings. The lowest BCUT2D eigenvalue weighted by Gasteiger charge is -2.33. The summed E-state index contributed by atoms with van der Waals surface area (Å²) in [6, 6.07) is 7.56. The van der Waals surface area contributed by atoms with E-state index in [1.54, 1.807) is 6.07 Å². The monoisotopic (exact) mass is 191 g/mol. The molecule has 1 unspecified atom stereocenters. The summed E-state index contributed by atoms with van der Waals surface area (Å²) >= 11 is 0. The van der Waals surface area contributed by atoms with Crippen LogP contribution in [0.1, 0.15) is 30.7 Å². The molecular weight excluding hydrogens is 174 g/mol. The molecule has 0 aromatic heterocycles. The van der Waals surface area contributed by atoms with Crippen molar-refractivity contribution in [1.29, 1.82) is 0 Å². The summed E-state index contributed by atoms with van der Waals surface area (Å²) < 4.78 is 0. The van der Waals surface area contributed by atoms with E-state index in [1.165, 1.54) is 19.3 Å². The molecule has 1 aromatic rings. The lowest BCUT2D eigenvalue weighted by atomic mass is 9.73. The third kappa shape index (κ3) is 1.62. The van der Waals surface area contributed by atoms with Crippen LogP contribution in [0.4, 0.5) is 0 Å². The van der Waals surface area contributed by atoms with Crippen LogP contribution >= 0.6 is 0 Å². The quantitative estimate of drug-likeness (QED) is 0.769. The number of para-hydroxylation sites is 1. The predicted molar refractivity (Wildman–Crippen MR) is 57.2 cm³/mol. The van der Waals surface area contributed by atoms with Gasteiger partial charge in [0.1, 0.15) is 5.75 Å². The van der Waals surface area contributed by atoms with Gasteiger partial charge in [0, 0.05) is 5.92 Å². The van der Waals surface area contributed by atoms with Gasteiger partial charge in [-0.05, 0) is 36.9 Å². The second-order valence-corrected chi connectivity index (χ2v) is 4.09. The van der Waals surface area contributed by atoms with Gasteiger partial charge in [-0.1, -0.05) is 24.6 Å². The van der Waals surface area contributed by atoms with Gasteiger partial charge in [-0.25, -0.2) is 0 Å². The molecule has 1 saturated carbocycles. The molecule has 2 heteroatoms. The van der Waals surface area contributed by atoms with Gasteiger partial charge in [0.15, 0.2) is 0 Å². The maximum atomic E-state index is 9.72. The van der Waals surface area contributed by atoms with Crippen LogP contribution < -0.4 is 5.73 Å². The van der Waals surface area contributed by atoms with Gasteiger partial charge < -0.3 is 10.8 Å². The molecule has 0 saturated heterocycles. The lowest BCUT2D eigenvalue weighted by molar-refractivity contribution is 0.260. The first-order valence-corrected chi connectivity index (χ1v) is 5.31. The third-order valence-electron chi connectivity index (χ3n) is 3.31. The van der Waals surface area contributed by atoms with Crippen molar-refractivity contribution in [2.24, 2.45) is 11.7 Å². The Balaban J connectivity index is 2.22. The molecule has 1 aromatic carbocycles. The number of rotatable bonds is 3. The molecule has 14 heavy (non-hydrogen) atoms. The van der Waals surface area contributed by atoms with Gasteiger partial charge in [0.2, 0.25) is 0 Å². The summed E-state index contributed by atoms with van der Waals surface area (Å²) in [5.74, 6) is 1.44. The Morgan fingerprint density at radius 2 is 2.07 bits per heavy atom. The summed E-state index contributed by atoms with van der Waals surface area (Å²) in [6.45, 7) is 0.641. The molecule has 2 nitrogen and oxygen atoms in total. The fourth-order valence-electron chi connectivity index (χ4n) is 2.22. The molecule has 0 heterocycles. The number of phenols is 1. The van der Waals surface area contributed by atoms with Gasteiger partial charge in [-0.15, -0.1) is 0 Å². The molecule has 2 rings (SSSR count). The molecule has 3 N–H and O–H groups in total. The summed E-state index contributed by atoms with van der Waals surface area (Å²) in [6.07, 6.45) is 3.83. The molecule has 0 radical (unpaired) electrons. The van der Waals surface area contributed by atoms with Gasteiger partial charge in [0.05, 0.1) is 0 Å².